The molecule has 0 radical (unpaired) electrons. The van der Waals surface area contributed by atoms with Crippen molar-refractivity contribution in [1.82, 2.24) is 15.1 Å². The van der Waals surface area contributed by atoms with E-state index in [0.717, 1.165) is 30.5 Å². The molecule has 148 valence electrons. The first kappa shape index (κ1) is 19.9. The molecule has 3 rings (SSSR count). The summed E-state index contributed by atoms with van der Waals surface area (Å²) in [7, 11) is 1.83. The number of nitrogens with zero attached hydrogens (tertiary/aromatic N) is 2. The predicted octanol–water partition coefficient (Wildman–Crippen LogP) is 3.87. The molecule has 1 heterocycles. The third-order valence-corrected chi connectivity index (χ3v) is 5.25. The van der Waals surface area contributed by atoms with E-state index in [1.807, 2.05) is 67.4 Å². The summed E-state index contributed by atoms with van der Waals surface area (Å²) in [6.45, 7) is 4.64. The molecule has 1 aliphatic rings. The average Bonchev–Trinajstić information content (AvgIpc) is 2.74. The molecule has 5 nitrogen and oxygen atoms in total. The lowest BCUT2D eigenvalue weighted by Gasteiger charge is -2.33. The molecule has 5 heteroatoms. The Morgan fingerprint density at radius 3 is 2.68 bits per heavy atom. The number of carbonyl (C=O) groups is 2. The predicted molar refractivity (Wildman–Crippen MR) is 111 cm³/mol. The monoisotopic (exact) mass is 379 g/mol. The minimum atomic E-state index is 0.00188. The molecule has 2 aromatic carbocycles. The second-order valence-electron chi connectivity index (χ2n) is 7.39. The topological polar surface area (TPSA) is 52.7 Å². The first-order valence-electron chi connectivity index (χ1n) is 10.0. The van der Waals surface area contributed by atoms with Crippen molar-refractivity contribution in [2.45, 2.75) is 32.2 Å². The maximum absolute atomic E-state index is 12.9. The fraction of sp³-hybridized carbons (Fsp3) is 0.391. The Hall–Kier alpha value is -2.82. The van der Waals surface area contributed by atoms with Gasteiger partial charge in [-0.25, -0.2) is 4.79 Å². The first-order valence-corrected chi connectivity index (χ1v) is 10.0. The van der Waals surface area contributed by atoms with Crippen molar-refractivity contribution < 1.29 is 9.59 Å². The van der Waals surface area contributed by atoms with Crippen LogP contribution in [0.15, 0.2) is 54.6 Å². The lowest BCUT2D eigenvalue weighted by molar-refractivity contribution is 0.0785. The second kappa shape index (κ2) is 9.40. The van der Waals surface area contributed by atoms with Gasteiger partial charge in [-0.05, 0) is 43.0 Å². The Kier molecular flexibility index (Phi) is 6.69. The van der Waals surface area contributed by atoms with Gasteiger partial charge in [0.15, 0.2) is 0 Å². The maximum atomic E-state index is 12.9. The van der Waals surface area contributed by atoms with Crippen molar-refractivity contribution in [3.05, 3.63) is 71.3 Å². The van der Waals surface area contributed by atoms with E-state index < -0.39 is 0 Å². The van der Waals surface area contributed by atoms with Gasteiger partial charge in [-0.3, -0.25) is 4.79 Å². The highest BCUT2D eigenvalue weighted by Crippen LogP contribution is 2.27. The van der Waals surface area contributed by atoms with E-state index in [4.69, 9.17) is 0 Å². The molecule has 28 heavy (non-hydrogen) atoms. The number of piperidine rings is 1. The van der Waals surface area contributed by atoms with Crippen LogP contribution in [0.5, 0.6) is 0 Å². The Labute approximate surface area is 167 Å². The average molecular weight is 380 g/mol. The molecule has 1 N–H and O–H groups in total. The second-order valence-corrected chi connectivity index (χ2v) is 7.39. The fourth-order valence-corrected chi connectivity index (χ4v) is 3.77. The Balaban J connectivity index is 1.69. The number of benzene rings is 2. The van der Waals surface area contributed by atoms with E-state index in [1.165, 1.54) is 0 Å². The molecule has 3 amide bonds. The van der Waals surface area contributed by atoms with Crippen molar-refractivity contribution >= 4 is 11.9 Å². The van der Waals surface area contributed by atoms with Crippen LogP contribution in [0.3, 0.4) is 0 Å². The minimum Gasteiger partial charge on any atom is -0.338 e. The molecule has 1 fully saturated rings. The van der Waals surface area contributed by atoms with Gasteiger partial charge in [0.1, 0.15) is 0 Å². The van der Waals surface area contributed by atoms with Crippen LogP contribution in [-0.2, 0) is 6.54 Å². The molecule has 0 spiro atoms. The molecule has 0 saturated carbocycles. The minimum absolute atomic E-state index is 0.00188. The van der Waals surface area contributed by atoms with E-state index in [2.05, 4.69) is 11.4 Å². The van der Waals surface area contributed by atoms with Crippen LogP contribution in [0.1, 0.15) is 47.2 Å². The van der Waals surface area contributed by atoms with Gasteiger partial charge >= 0.3 is 6.03 Å². The van der Waals surface area contributed by atoms with Crippen LogP contribution in [0.2, 0.25) is 0 Å². The highest BCUT2D eigenvalue weighted by atomic mass is 16.2. The Morgan fingerprint density at radius 2 is 1.93 bits per heavy atom. The van der Waals surface area contributed by atoms with Crippen LogP contribution in [0.4, 0.5) is 4.79 Å². The summed E-state index contributed by atoms with van der Waals surface area (Å²) < 4.78 is 0. The molecule has 1 atom stereocenters. The summed E-state index contributed by atoms with van der Waals surface area (Å²) in [6, 6.07) is 17.9. The lowest BCUT2D eigenvalue weighted by Crippen LogP contribution is -2.44. The maximum Gasteiger partial charge on any atom is 0.317 e. The van der Waals surface area contributed by atoms with Crippen LogP contribution in [-0.4, -0.2) is 48.4 Å². The molecular weight excluding hydrogens is 350 g/mol. The van der Waals surface area contributed by atoms with Crippen molar-refractivity contribution in [2.75, 3.05) is 26.7 Å². The third kappa shape index (κ3) is 4.91. The quantitative estimate of drug-likeness (QED) is 0.857. The summed E-state index contributed by atoms with van der Waals surface area (Å²) in [6.07, 6.45) is 2.02. The summed E-state index contributed by atoms with van der Waals surface area (Å²) in [4.78, 5) is 28.7. The Bertz CT molecular complexity index is 807. The zero-order chi connectivity index (χ0) is 19.9. The van der Waals surface area contributed by atoms with Crippen LogP contribution < -0.4 is 5.32 Å². The fourth-order valence-electron chi connectivity index (χ4n) is 3.77. The van der Waals surface area contributed by atoms with E-state index in [9.17, 15) is 9.59 Å². The van der Waals surface area contributed by atoms with Crippen LogP contribution in [0, 0.1) is 0 Å². The smallest absolute Gasteiger partial charge is 0.317 e. The number of carbonyl (C=O) groups excluding carboxylic acids is 2. The molecule has 1 saturated heterocycles. The molecule has 0 aliphatic carbocycles. The Morgan fingerprint density at radius 1 is 1.14 bits per heavy atom. The molecule has 1 unspecified atom stereocenters. The zero-order valence-electron chi connectivity index (χ0n) is 16.7. The van der Waals surface area contributed by atoms with E-state index in [1.54, 1.807) is 4.90 Å². The van der Waals surface area contributed by atoms with Crippen molar-refractivity contribution in [2.24, 2.45) is 0 Å². The standard InChI is InChI=1S/C23H29N3O2/c1-3-24-23(28)26-14-8-13-21(17-26)19-11-7-12-20(15-19)22(27)25(2)16-18-9-5-4-6-10-18/h4-7,9-12,15,21H,3,8,13-14,16-17H2,1-2H3,(H,24,28). The SMILES string of the molecule is CCNC(=O)N1CCCC(c2cccc(C(=O)N(C)Cc3ccccc3)c2)C1. The molecule has 0 aromatic heterocycles. The summed E-state index contributed by atoms with van der Waals surface area (Å²) in [5.41, 5.74) is 2.94. The van der Waals surface area contributed by atoms with E-state index in [-0.39, 0.29) is 17.9 Å². The van der Waals surface area contributed by atoms with E-state index >= 15 is 0 Å². The van der Waals surface area contributed by atoms with Crippen LogP contribution in [0.25, 0.3) is 0 Å². The van der Waals surface area contributed by atoms with Gasteiger partial charge in [0.05, 0.1) is 0 Å². The van der Waals surface area contributed by atoms with Gasteiger partial charge < -0.3 is 15.1 Å². The summed E-state index contributed by atoms with van der Waals surface area (Å²) >= 11 is 0. The molecule has 1 aliphatic heterocycles. The van der Waals surface area contributed by atoms with Gasteiger partial charge in [0, 0.05) is 44.7 Å². The van der Waals surface area contributed by atoms with Gasteiger partial charge in [-0.1, -0.05) is 42.5 Å². The molecule has 0 bridgehead atoms. The molecule has 2 aromatic rings. The normalized spacial score (nSPS) is 16.5. The first-order chi connectivity index (χ1) is 13.6. The van der Waals surface area contributed by atoms with Crippen molar-refractivity contribution in [1.29, 1.82) is 0 Å². The largest absolute Gasteiger partial charge is 0.338 e. The number of nitrogens with one attached hydrogen (secondary N) is 1. The summed E-state index contributed by atoms with van der Waals surface area (Å²) in [5, 5.41) is 2.88. The molecular formula is C23H29N3O2. The number of urea groups is 1. The highest BCUT2D eigenvalue weighted by molar-refractivity contribution is 5.94. The number of hydrogen-bond acceptors (Lipinski definition) is 2. The van der Waals surface area contributed by atoms with Gasteiger partial charge in [0.2, 0.25) is 0 Å². The van der Waals surface area contributed by atoms with Crippen molar-refractivity contribution in [3.8, 4) is 0 Å². The van der Waals surface area contributed by atoms with Gasteiger partial charge in [-0.2, -0.15) is 0 Å². The van der Waals surface area contributed by atoms with Gasteiger partial charge in [-0.15, -0.1) is 0 Å². The van der Waals surface area contributed by atoms with Gasteiger partial charge in [0.25, 0.3) is 5.91 Å². The summed E-state index contributed by atoms with van der Waals surface area (Å²) in [5.74, 6) is 0.283. The number of hydrogen-bond donors (Lipinski definition) is 1. The number of likely N-dealkylation sites (tertiary alicyclic amines) is 1. The van der Waals surface area contributed by atoms with E-state index in [0.29, 0.717) is 25.2 Å². The van der Waals surface area contributed by atoms with Crippen molar-refractivity contribution in [3.63, 3.8) is 0 Å². The third-order valence-electron chi connectivity index (χ3n) is 5.25. The van der Waals surface area contributed by atoms with Crippen LogP contribution >= 0.6 is 0 Å². The lowest BCUT2D eigenvalue weighted by atomic mass is 9.89. The zero-order valence-corrected chi connectivity index (χ0v) is 16.7. The number of amides is 3. The number of rotatable bonds is 5. The highest BCUT2D eigenvalue weighted by Gasteiger charge is 2.25.